The van der Waals surface area contributed by atoms with Crippen molar-refractivity contribution < 1.29 is 5.11 Å². The zero-order valence-corrected chi connectivity index (χ0v) is 14.1. The number of rotatable bonds is 5. The first-order chi connectivity index (χ1) is 11.3. The number of nitrogens with zero attached hydrogens (tertiary/aromatic N) is 3. The zero-order chi connectivity index (χ0) is 15.9. The third-order valence-corrected chi connectivity index (χ3v) is 5.25. The van der Waals surface area contributed by atoms with Crippen LogP contribution < -0.4 is 0 Å². The number of thiophene rings is 1. The highest BCUT2D eigenvalue weighted by Gasteiger charge is 2.22. The second kappa shape index (κ2) is 8.30. The van der Waals surface area contributed by atoms with E-state index in [0.29, 0.717) is 6.04 Å². The second-order valence-corrected chi connectivity index (χ2v) is 6.94. The van der Waals surface area contributed by atoms with E-state index in [4.69, 9.17) is 5.11 Å². The van der Waals surface area contributed by atoms with Gasteiger partial charge in [-0.05, 0) is 37.9 Å². The Morgan fingerprint density at radius 2 is 2.35 bits per heavy atom. The molecule has 0 spiro atoms. The van der Waals surface area contributed by atoms with Crippen molar-refractivity contribution in [3.63, 3.8) is 0 Å². The molecular formula is C18H23N3OS. The summed E-state index contributed by atoms with van der Waals surface area (Å²) in [7, 11) is 0. The molecule has 0 saturated carbocycles. The summed E-state index contributed by atoms with van der Waals surface area (Å²) in [6.45, 7) is 3.10. The first-order valence-electron chi connectivity index (χ1n) is 8.24. The minimum Gasteiger partial charge on any atom is -0.384 e. The highest BCUT2D eigenvalue weighted by Crippen LogP contribution is 2.24. The number of aliphatic hydroxyl groups excluding tert-OH is 1. The third-order valence-electron chi connectivity index (χ3n) is 4.32. The van der Waals surface area contributed by atoms with E-state index in [1.54, 1.807) is 11.3 Å². The summed E-state index contributed by atoms with van der Waals surface area (Å²) in [6, 6.07) is 4.79. The van der Waals surface area contributed by atoms with Crippen LogP contribution in [-0.4, -0.2) is 39.0 Å². The van der Waals surface area contributed by atoms with E-state index in [2.05, 4.69) is 33.3 Å². The smallest absolute Gasteiger partial charge is 0.104 e. The van der Waals surface area contributed by atoms with E-state index in [9.17, 15) is 0 Å². The summed E-state index contributed by atoms with van der Waals surface area (Å²) in [4.78, 5) is 3.97. The molecule has 0 aromatic carbocycles. The van der Waals surface area contributed by atoms with Gasteiger partial charge in [0.05, 0.1) is 0 Å². The van der Waals surface area contributed by atoms with Gasteiger partial charge in [-0.3, -0.25) is 9.58 Å². The minimum absolute atomic E-state index is 0.0766. The summed E-state index contributed by atoms with van der Waals surface area (Å²) in [6.07, 6.45) is 8.95. The molecular weight excluding hydrogens is 306 g/mol. The SMILES string of the molecule is OCC#Cc1csc(CN2CCCCC2CCn2cccn2)c1. The van der Waals surface area contributed by atoms with Crippen LogP contribution in [0.2, 0.25) is 0 Å². The number of aryl methyl sites for hydroxylation is 1. The molecule has 0 radical (unpaired) electrons. The lowest BCUT2D eigenvalue weighted by Gasteiger charge is -2.35. The molecule has 1 unspecified atom stereocenters. The van der Waals surface area contributed by atoms with Crippen molar-refractivity contribution in [3.8, 4) is 11.8 Å². The molecule has 1 atom stereocenters. The summed E-state index contributed by atoms with van der Waals surface area (Å²) in [5.41, 5.74) is 1.02. The topological polar surface area (TPSA) is 41.3 Å². The predicted molar refractivity (Wildman–Crippen MR) is 93.2 cm³/mol. The first kappa shape index (κ1) is 16.3. The Bertz CT molecular complexity index is 653. The second-order valence-electron chi connectivity index (χ2n) is 5.94. The summed E-state index contributed by atoms with van der Waals surface area (Å²) in [5.74, 6) is 5.70. The van der Waals surface area contributed by atoms with Gasteiger partial charge in [-0.1, -0.05) is 18.3 Å². The Morgan fingerprint density at radius 1 is 1.39 bits per heavy atom. The van der Waals surface area contributed by atoms with Gasteiger partial charge in [0.15, 0.2) is 0 Å². The molecule has 5 heteroatoms. The molecule has 4 nitrogen and oxygen atoms in total. The van der Waals surface area contributed by atoms with E-state index in [-0.39, 0.29) is 6.61 Å². The number of aromatic nitrogens is 2. The van der Waals surface area contributed by atoms with Crippen molar-refractivity contribution in [2.75, 3.05) is 13.2 Å². The van der Waals surface area contributed by atoms with Crippen molar-refractivity contribution in [2.24, 2.45) is 0 Å². The molecule has 122 valence electrons. The average Bonchev–Trinajstić information content (AvgIpc) is 3.24. The van der Waals surface area contributed by atoms with E-state index in [1.165, 1.54) is 30.7 Å². The monoisotopic (exact) mass is 329 g/mol. The van der Waals surface area contributed by atoms with Crippen LogP contribution in [0.15, 0.2) is 29.9 Å². The van der Waals surface area contributed by atoms with Gasteiger partial charge in [0.25, 0.3) is 0 Å². The Morgan fingerprint density at radius 3 is 3.17 bits per heavy atom. The number of likely N-dealkylation sites (tertiary alicyclic amines) is 1. The Kier molecular flexibility index (Phi) is 5.87. The van der Waals surface area contributed by atoms with Gasteiger partial charge in [-0.25, -0.2) is 0 Å². The summed E-state index contributed by atoms with van der Waals surface area (Å²) >= 11 is 1.77. The van der Waals surface area contributed by atoms with Gasteiger partial charge in [-0.15, -0.1) is 11.3 Å². The highest BCUT2D eigenvalue weighted by atomic mass is 32.1. The average molecular weight is 329 g/mol. The zero-order valence-electron chi connectivity index (χ0n) is 13.3. The maximum Gasteiger partial charge on any atom is 0.104 e. The molecule has 1 saturated heterocycles. The van der Waals surface area contributed by atoms with E-state index in [0.717, 1.165) is 25.1 Å². The molecule has 1 N–H and O–H groups in total. The molecule has 2 aromatic rings. The van der Waals surface area contributed by atoms with Crippen LogP contribution in [0.25, 0.3) is 0 Å². The van der Waals surface area contributed by atoms with E-state index >= 15 is 0 Å². The normalized spacial score (nSPS) is 18.6. The fraction of sp³-hybridized carbons (Fsp3) is 0.500. The number of piperidine rings is 1. The fourth-order valence-corrected chi connectivity index (χ4v) is 4.02. The molecule has 1 aliphatic heterocycles. The standard InChI is InChI=1S/C18H23N3OS/c22-12-3-5-16-13-18(23-15-16)14-20-9-2-1-6-17(20)7-11-21-10-4-8-19-21/h4,8,10,13,15,17,22H,1-2,6-7,9,11-12,14H2. The minimum atomic E-state index is -0.0766. The summed E-state index contributed by atoms with van der Waals surface area (Å²) in [5, 5.41) is 15.2. The van der Waals surface area contributed by atoms with Crippen molar-refractivity contribution in [3.05, 3.63) is 40.3 Å². The maximum absolute atomic E-state index is 8.78. The Hall–Kier alpha value is -1.61. The number of hydrogen-bond donors (Lipinski definition) is 1. The maximum atomic E-state index is 8.78. The van der Waals surface area contributed by atoms with E-state index in [1.807, 2.05) is 23.1 Å². The lowest BCUT2D eigenvalue weighted by molar-refractivity contribution is 0.128. The van der Waals surface area contributed by atoms with Gasteiger partial charge >= 0.3 is 0 Å². The van der Waals surface area contributed by atoms with Crippen LogP contribution in [0.1, 0.15) is 36.1 Å². The quantitative estimate of drug-likeness (QED) is 0.858. The lowest BCUT2D eigenvalue weighted by atomic mass is 9.99. The lowest BCUT2D eigenvalue weighted by Crippen LogP contribution is -2.39. The molecule has 0 bridgehead atoms. The number of aliphatic hydroxyl groups is 1. The van der Waals surface area contributed by atoms with Crippen molar-refractivity contribution in [1.29, 1.82) is 0 Å². The van der Waals surface area contributed by atoms with Crippen LogP contribution in [0.4, 0.5) is 0 Å². The number of hydrogen-bond acceptors (Lipinski definition) is 4. The van der Waals surface area contributed by atoms with Crippen LogP contribution in [0.3, 0.4) is 0 Å². The summed E-state index contributed by atoms with van der Waals surface area (Å²) < 4.78 is 2.03. The van der Waals surface area contributed by atoms with Crippen LogP contribution in [0, 0.1) is 11.8 Å². The van der Waals surface area contributed by atoms with Gasteiger partial charge < -0.3 is 5.11 Å². The van der Waals surface area contributed by atoms with Gasteiger partial charge in [0, 0.05) is 47.3 Å². The molecule has 0 aliphatic carbocycles. The van der Waals surface area contributed by atoms with E-state index < -0.39 is 0 Å². The Balaban J connectivity index is 1.58. The van der Waals surface area contributed by atoms with Crippen molar-refractivity contribution >= 4 is 11.3 Å². The van der Waals surface area contributed by atoms with Crippen molar-refractivity contribution in [2.45, 2.75) is 44.8 Å². The molecule has 2 aromatic heterocycles. The molecule has 3 heterocycles. The van der Waals surface area contributed by atoms with Crippen LogP contribution in [0.5, 0.6) is 0 Å². The molecule has 3 rings (SSSR count). The van der Waals surface area contributed by atoms with Gasteiger partial charge in [0.2, 0.25) is 0 Å². The fourth-order valence-electron chi connectivity index (χ4n) is 3.18. The van der Waals surface area contributed by atoms with Crippen LogP contribution >= 0.6 is 11.3 Å². The van der Waals surface area contributed by atoms with Gasteiger partial charge in [0.1, 0.15) is 6.61 Å². The predicted octanol–water partition coefficient (Wildman–Crippen LogP) is 2.73. The van der Waals surface area contributed by atoms with Crippen LogP contribution in [-0.2, 0) is 13.1 Å². The largest absolute Gasteiger partial charge is 0.384 e. The molecule has 1 fully saturated rings. The molecule has 23 heavy (non-hydrogen) atoms. The first-order valence-corrected chi connectivity index (χ1v) is 9.12. The van der Waals surface area contributed by atoms with Crippen molar-refractivity contribution in [1.82, 2.24) is 14.7 Å². The Labute approximate surface area is 141 Å². The molecule has 1 aliphatic rings. The van der Waals surface area contributed by atoms with Gasteiger partial charge in [-0.2, -0.15) is 5.10 Å². The molecule has 0 amide bonds. The highest BCUT2D eigenvalue weighted by molar-refractivity contribution is 7.10. The third kappa shape index (κ3) is 4.68.